The Morgan fingerprint density at radius 1 is 1.30 bits per heavy atom. The summed E-state index contributed by atoms with van der Waals surface area (Å²) in [5.41, 5.74) is 1.38. The second kappa shape index (κ2) is 6.71. The van der Waals surface area contributed by atoms with Crippen LogP contribution in [0.25, 0.3) is 0 Å². The Morgan fingerprint density at radius 3 is 2.91 bits per heavy atom. The maximum atomic E-state index is 12.6. The number of nitrogens with one attached hydrogen (secondary N) is 1. The Hall–Kier alpha value is -2.53. The van der Waals surface area contributed by atoms with Crippen LogP contribution in [-0.4, -0.2) is 30.6 Å². The molecule has 0 radical (unpaired) electrons. The Labute approximate surface area is 140 Å². The van der Waals surface area contributed by atoms with Crippen molar-refractivity contribution >= 4 is 34.8 Å². The molecule has 3 rings (SSSR count). The van der Waals surface area contributed by atoms with E-state index in [1.54, 1.807) is 23.2 Å². The molecule has 6 heteroatoms. The number of para-hydroxylation sites is 1. The van der Waals surface area contributed by atoms with Gasteiger partial charge in [-0.3, -0.25) is 4.90 Å². The Kier molecular flexibility index (Phi) is 4.48. The van der Waals surface area contributed by atoms with Crippen molar-refractivity contribution in [3.05, 3.63) is 60.3 Å². The van der Waals surface area contributed by atoms with Crippen LogP contribution in [0, 0.1) is 0 Å². The number of aromatic nitrogens is 1. The van der Waals surface area contributed by atoms with Gasteiger partial charge in [-0.15, -0.1) is 6.58 Å². The number of halogens is 1. The zero-order valence-corrected chi connectivity index (χ0v) is 13.3. The van der Waals surface area contributed by atoms with Gasteiger partial charge in [0.05, 0.1) is 16.4 Å². The first-order chi connectivity index (χ1) is 11.2. The molecule has 2 aromatic rings. The lowest BCUT2D eigenvalue weighted by Gasteiger charge is -2.36. The molecular formula is C17H17ClN4O. The SMILES string of the molecule is C=CCN1CCN(C(=O)Nc2ccccc2Cl)c2cccnc21. The molecule has 0 spiro atoms. The summed E-state index contributed by atoms with van der Waals surface area (Å²) in [4.78, 5) is 20.8. The molecule has 5 nitrogen and oxygen atoms in total. The van der Waals surface area contributed by atoms with Crippen LogP contribution in [0.3, 0.4) is 0 Å². The van der Waals surface area contributed by atoms with Crippen molar-refractivity contribution in [2.24, 2.45) is 0 Å². The first-order valence-electron chi connectivity index (χ1n) is 7.34. The Morgan fingerprint density at radius 2 is 2.13 bits per heavy atom. The lowest BCUT2D eigenvalue weighted by molar-refractivity contribution is 0.256. The largest absolute Gasteiger partial charge is 0.349 e. The van der Waals surface area contributed by atoms with E-state index in [0.717, 1.165) is 11.5 Å². The highest BCUT2D eigenvalue weighted by atomic mass is 35.5. The third-order valence-corrected chi connectivity index (χ3v) is 3.99. The summed E-state index contributed by atoms with van der Waals surface area (Å²) in [6.45, 7) is 5.74. The van der Waals surface area contributed by atoms with Crippen LogP contribution in [0.1, 0.15) is 0 Å². The van der Waals surface area contributed by atoms with E-state index in [1.807, 2.05) is 30.3 Å². The van der Waals surface area contributed by atoms with Crippen molar-refractivity contribution < 1.29 is 4.79 Å². The monoisotopic (exact) mass is 328 g/mol. The van der Waals surface area contributed by atoms with E-state index in [0.29, 0.717) is 30.3 Å². The smallest absolute Gasteiger partial charge is 0.326 e. The van der Waals surface area contributed by atoms with Gasteiger partial charge in [0.25, 0.3) is 0 Å². The average molecular weight is 329 g/mol. The summed E-state index contributed by atoms with van der Waals surface area (Å²) in [7, 11) is 0. The number of rotatable bonds is 3. The molecule has 0 aliphatic carbocycles. The van der Waals surface area contributed by atoms with E-state index >= 15 is 0 Å². The summed E-state index contributed by atoms with van der Waals surface area (Å²) in [5.74, 6) is 0.785. The quantitative estimate of drug-likeness (QED) is 0.872. The number of hydrogen-bond donors (Lipinski definition) is 1. The van der Waals surface area contributed by atoms with Crippen LogP contribution >= 0.6 is 11.6 Å². The van der Waals surface area contributed by atoms with Gasteiger partial charge >= 0.3 is 6.03 Å². The van der Waals surface area contributed by atoms with Crippen molar-refractivity contribution in [3.63, 3.8) is 0 Å². The van der Waals surface area contributed by atoms with Crippen LogP contribution in [-0.2, 0) is 0 Å². The zero-order valence-electron chi connectivity index (χ0n) is 12.6. The topological polar surface area (TPSA) is 48.5 Å². The standard InChI is InChI=1S/C17H17ClN4O/c1-2-10-21-11-12-22(15-8-5-9-19-16(15)21)17(23)20-14-7-4-3-6-13(14)18/h2-9H,1,10-12H2,(H,20,23). The molecule has 1 N–H and O–H groups in total. The predicted octanol–water partition coefficient (Wildman–Crippen LogP) is 3.78. The maximum Gasteiger partial charge on any atom is 0.326 e. The molecule has 1 aromatic heterocycles. The molecule has 118 valence electrons. The van der Waals surface area contributed by atoms with E-state index in [2.05, 4.69) is 21.8 Å². The lowest BCUT2D eigenvalue weighted by atomic mass is 10.2. The van der Waals surface area contributed by atoms with Crippen LogP contribution in [0.15, 0.2) is 55.3 Å². The first-order valence-corrected chi connectivity index (χ1v) is 7.72. The van der Waals surface area contributed by atoms with E-state index in [1.165, 1.54) is 0 Å². The third kappa shape index (κ3) is 3.14. The molecule has 0 fully saturated rings. The number of carbonyl (C=O) groups excluding carboxylic acids is 1. The minimum absolute atomic E-state index is 0.217. The molecule has 0 bridgehead atoms. The fraction of sp³-hybridized carbons (Fsp3) is 0.176. The molecule has 1 aromatic carbocycles. The zero-order chi connectivity index (χ0) is 16.2. The number of benzene rings is 1. The van der Waals surface area contributed by atoms with Gasteiger partial charge < -0.3 is 10.2 Å². The van der Waals surface area contributed by atoms with Gasteiger partial charge in [-0.05, 0) is 24.3 Å². The molecule has 0 saturated carbocycles. The summed E-state index contributed by atoms with van der Waals surface area (Å²) in [6.07, 6.45) is 3.56. The van der Waals surface area contributed by atoms with Gasteiger partial charge in [0.2, 0.25) is 0 Å². The van der Waals surface area contributed by atoms with Crippen LogP contribution < -0.4 is 15.1 Å². The summed E-state index contributed by atoms with van der Waals surface area (Å²) in [6, 6.07) is 10.7. The van der Waals surface area contributed by atoms with E-state index in [9.17, 15) is 4.79 Å². The normalized spacial score (nSPS) is 13.4. The average Bonchev–Trinajstić information content (AvgIpc) is 2.57. The molecule has 2 heterocycles. The number of pyridine rings is 1. The number of hydrogen-bond acceptors (Lipinski definition) is 3. The number of urea groups is 1. The second-order valence-corrected chi connectivity index (χ2v) is 5.55. The van der Waals surface area contributed by atoms with Crippen molar-refractivity contribution in [1.29, 1.82) is 0 Å². The van der Waals surface area contributed by atoms with Crippen molar-refractivity contribution in [3.8, 4) is 0 Å². The lowest BCUT2D eigenvalue weighted by Crippen LogP contribution is -2.46. The van der Waals surface area contributed by atoms with Gasteiger partial charge in [-0.2, -0.15) is 0 Å². The highest BCUT2D eigenvalue weighted by Gasteiger charge is 2.27. The predicted molar refractivity (Wildman–Crippen MR) is 94.5 cm³/mol. The van der Waals surface area contributed by atoms with Crippen molar-refractivity contribution in [2.75, 3.05) is 34.8 Å². The molecule has 1 aliphatic heterocycles. The molecule has 0 atom stereocenters. The van der Waals surface area contributed by atoms with Gasteiger partial charge in [0.1, 0.15) is 0 Å². The maximum absolute atomic E-state index is 12.6. The number of nitrogens with zero attached hydrogens (tertiary/aromatic N) is 3. The summed E-state index contributed by atoms with van der Waals surface area (Å²) >= 11 is 6.11. The van der Waals surface area contributed by atoms with Crippen LogP contribution in [0.4, 0.5) is 22.0 Å². The van der Waals surface area contributed by atoms with E-state index < -0.39 is 0 Å². The van der Waals surface area contributed by atoms with Gasteiger partial charge in [0, 0.05) is 25.8 Å². The van der Waals surface area contributed by atoms with E-state index in [4.69, 9.17) is 11.6 Å². The van der Waals surface area contributed by atoms with Crippen molar-refractivity contribution in [2.45, 2.75) is 0 Å². The van der Waals surface area contributed by atoms with Gasteiger partial charge in [-0.25, -0.2) is 9.78 Å². The fourth-order valence-corrected chi connectivity index (χ4v) is 2.76. The minimum atomic E-state index is -0.217. The Bertz CT molecular complexity index is 734. The first kappa shape index (κ1) is 15.4. The van der Waals surface area contributed by atoms with Gasteiger partial charge in [0.15, 0.2) is 5.82 Å². The number of fused-ring (bicyclic) bond motifs is 1. The highest BCUT2D eigenvalue weighted by Crippen LogP contribution is 2.31. The Balaban J connectivity index is 1.85. The van der Waals surface area contributed by atoms with Gasteiger partial charge in [-0.1, -0.05) is 29.8 Å². The molecule has 0 unspecified atom stereocenters. The summed E-state index contributed by atoms with van der Waals surface area (Å²) in [5, 5.41) is 3.37. The third-order valence-electron chi connectivity index (χ3n) is 3.66. The molecule has 23 heavy (non-hydrogen) atoms. The molecule has 2 amide bonds. The number of carbonyl (C=O) groups is 1. The van der Waals surface area contributed by atoms with Crippen molar-refractivity contribution in [1.82, 2.24) is 4.98 Å². The number of anilines is 3. The van der Waals surface area contributed by atoms with E-state index in [-0.39, 0.29) is 6.03 Å². The van der Waals surface area contributed by atoms with Crippen LogP contribution in [0.5, 0.6) is 0 Å². The fourth-order valence-electron chi connectivity index (χ4n) is 2.58. The highest BCUT2D eigenvalue weighted by molar-refractivity contribution is 6.33. The summed E-state index contributed by atoms with van der Waals surface area (Å²) < 4.78 is 0. The minimum Gasteiger partial charge on any atom is -0.349 e. The molecule has 0 saturated heterocycles. The molecular weight excluding hydrogens is 312 g/mol. The van der Waals surface area contributed by atoms with Crippen LogP contribution in [0.2, 0.25) is 5.02 Å². The number of amides is 2. The molecule has 1 aliphatic rings. The second-order valence-electron chi connectivity index (χ2n) is 5.14.